The van der Waals surface area contributed by atoms with Crippen molar-refractivity contribution in [2.75, 3.05) is 7.11 Å². The molecule has 1 rings (SSSR count). The molecule has 0 aliphatic carbocycles. The Morgan fingerprint density at radius 2 is 2.10 bits per heavy atom. The summed E-state index contributed by atoms with van der Waals surface area (Å²) in [7, 11) is 1.33. The van der Waals surface area contributed by atoms with Crippen LogP contribution in [-0.2, 0) is 20.9 Å². The molecule has 0 bridgehead atoms. The van der Waals surface area contributed by atoms with Crippen LogP contribution in [0.5, 0.6) is 0 Å². The molecule has 21 heavy (non-hydrogen) atoms. The van der Waals surface area contributed by atoms with Crippen LogP contribution in [0.4, 0.5) is 0 Å². The minimum atomic E-state index is -0.634. The lowest BCUT2D eigenvalue weighted by Crippen LogP contribution is -2.49. The van der Waals surface area contributed by atoms with Gasteiger partial charge in [0.05, 0.1) is 7.11 Å². The van der Waals surface area contributed by atoms with Crippen LogP contribution in [0.25, 0.3) is 0 Å². The van der Waals surface area contributed by atoms with E-state index in [4.69, 9.17) is 4.74 Å². The normalized spacial score (nSPS) is 12.8. The van der Waals surface area contributed by atoms with Crippen molar-refractivity contribution >= 4 is 11.9 Å². The van der Waals surface area contributed by atoms with Gasteiger partial charge in [0.25, 0.3) is 0 Å². The molecule has 0 saturated heterocycles. The number of rotatable bonds is 6. The molecular weight excluding hydrogens is 270 g/mol. The van der Waals surface area contributed by atoms with Crippen LogP contribution in [0.15, 0.2) is 12.4 Å². The summed E-state index contributed by atoms with van der Waals surface area (Å²) in [5.74, 6) is 0.372. The molecule has 1 aromatic rings. The summed E-state index contributed by atoms with van der Waals surface area (Å²) in [5.41, 5.74) is -0.385. The lowest BCUT2D eigenvalue weighted by Gasteiger charge is -2.29. The average Bonchev–Trinajstić information content (AvgIpc) is 2.79. The Morgan fingerprint density at radius 1 is 1.43 bits per heavy atom. The quantitative estimate of drug-likeness (QED) is 0.810. The van der Waals surface area contributed by atoms with E-state index in [1.165, 1.54) is 7.11 Å². The van der Waals surface area contributed by atoms with E-state index in [2.05, 4.69) is 10.3 Å². The number of hydrogen-bond acceptors (Lipinski definition) is 4. The third kappa shape index (κ3) is 5.21. The van der Waals surface area contributed by atoms with E-state index in [-0.39, 0.29) is 11.3 Å². The zero-order valence-electron chi connectivity index (χ0n) is 13.5. The zero-order chi connectivity index (χ0) is 16.0. The summed E-state index contributed by atoms with van der Waals surface area (Å²) >= 11 is 0. The van der Waals surface area contributed by atoms with Crippen molar-refractivity contribution in [3.8, 4) is 0 Å². The maximum absolute atomic E-state index is 12.0. The number of nitrogens with one attached hydrogen (secondary N) is 1. The molecule has 0 unspecified atom stereocenters. The van der Waals surface area contributed by atoms with Gasteiger partial charge in [0.2, 0.25) is 5.91 Å². The Kier molecular flexibility index (Phi) is 5.93. The number of hydrogen-bond donors (Lipinski definition) is 1. The first-order chi connectivity index (χ1) is 9.75. The van der Waals surface area contributed by atoms with Gasteiger partial charge < -0.3 is 14.6 Å². The predicted octanol–water partition coefficient (Wildman–Crippen LogP) is 1.68. The number of ether oxygens (including phenoxy) is 1. The number of carbonyl (C=O) groups is 2. The van der Waals surface area contributed by atoms with Gasteiger partial charge >= 0.3 is 5.97 Å². The molecule has 1 heterocycles. The Labute approximate surface area is 125 Å². The van der Waals surface area contributed by atoms with Gasteiger partial charge in [0.1, 0.15) is 11.9 Å². The van der Waals surface area contributed by atoms with Gasteiger partial charge in [-0.3, -0.25) is 4.79 Å². The van der Waals surface area contributed by atoms with Crippen LogP contribution in [0.1, 0.15) is 39.4 Å². The number of amides is 1. The van der Waals surface area contributed by atoms with E-state index in [9.17, 15) is 9.59 Å². The lowest BCUT2D eigenvalue weighted by atomic mass is 9.86. The van der Waals surface area contributed by atoms with E-state index in [1.807, 2.05) is 38.5 Å². The molecule has 6 nitrogen and oxygen atoms in total. The fourth-order valence-corrected chi connectivity index (χ4v) is 2.03. The van der Waals surface area contributed by atoms with E-state index >= 15 is 0 Å². The fraction of sp³-hybridized carbons (Fsp3) is 0.667. The SMILES string of the molecule is COC(=O)[C@H](NC(=O)CCCn1ccnc1C)C(C)(C)C. The zero-order valence-corrected chi connectivity index (χ0v) is 13.5. The Hall–Kier alpha value is -1.85. The minimum absolute atomic E-state index is 0.141. The third-order valence-corrected chi connectivity index (χ3v) is 3.33. The molecule has 0 spiro atoms. The molecule has 0 aliphatic rings. The molecule has 1 atom stereocenters. The highest BCUT2D eigenvalue weighted by Crippen LogP contribution is 2.20. The van der Waals surface area contributed by atoms with Crippen molar-refractivity contribution in [3.05, 3.63) is 18.2 Å². The van der Waals surface area contributed by atoms with Gasteiger partial charge in [-0.05, 0) is 18.8 Å². The maximum Gasteiger partial charge on any atom is 0.328 e. The number of nitrogens with zero attached hydrogens (tertiary/aromatic N) is 2. The van der Waals surface area contributed by atoms with Crippen LogP contribution in [0, 0.1) is 12.3 Å². The van der Waals surface area contributed by atoms with Crippen molar-refractivity contribution in [2.24, 2.45) is 5.41 Å². The third-order valence-electron chi connectivity index (χ3n) is 3.33. The van der Waals surface area contributed by atoms with Crippen molar-refractivity contribution in [1.82, 2.24) is 14.9 Å². The number of methoxy groups -OCH3 is 1. The fourth-order valence-electron chi connectivity index (χ4n) is 2.03. The van der Waals surface area contributed by atoms with E-state index in [0.29, 0.717) is 12.8 Å². The molecule has 0 aliphatic heterocycles. The van der Waals surface area contributed by atoms with E-state index in [0.717, 1.165) is 12.4 Å². The first kappa shape index (κ1) is 17.2. The molecule has 0 radical (unpaired) electrons. The molecule has 0 fully saturated rings. The maximum atomic E-state index is 12.0. The van der Waals surface area contributed by atoms with E-state index in [1.54, 1.807) is 6.20 Å². The van der Waals surface area contributed by atoms with Crippen LogP contribution in [0.2, 0.25) is 0 Å². The summed E-state index contributed by atoms with van der Waals surface area (Å²) < 4.78 is 6.75. The Balaban J connectivity index is 2.47. The topological polar surface area (TPSA) is 73.2 Å². The van der Waals surface area contributed by atoms with Crippen molar-refractivity contribution < 1.29 is 14.3 Å². The molecular formula is C15H25N3O3. The number of esters is 1. The molecule has 0 saturated carbocycles. The highest BCUT2D eigenvalue weighted by atomic mass is 16.5. The van der Waals surface area contributed by atoms with Gasteiger partial charge in [-0.15, -0.1) is 0 Å². The molecule has 1 aromatic heterocycles. The summed E-state index contributed by atoms with van der Waals surface area (Å²) in [4.78, 5) is 27.9. The largest absolute Gasteiger partial charge is 0.467 e. The van der Waals surface area contributed by atoms with Crippen LogP contribution < -0.4 is 5.32 Å². The monoisotopic (exact) mass is 295 g/mol. The van der Waals surface area contributed by atoms with Gasteiger partial charge in [-0.2, -0.15) is 0 Å². The van der Waals surface area contributed by atoms with E-state index < -0.39 is 12.0 Å². The summed E-state index contributed by atoms with van der Waals surface area (Å²) in [5, 5.41) is 2.76. The van der Waals surface area contributed by atoms with Crippen LogP contribution >= 0.6 is 0 Å². The Bertz CT molecular complexity index is 489. The molecule has 118 valence electrons. The summed E-state index contributed by atoms with van der Waals surface area (Å²) in [6, 6.07) is -0.634. The molecule has 0 aromatic carbocycles. The first-order valence-corrected chi connectivity index (χ1v) is 7.10. The highest BCUT2D eigenvalue weighted by Gasteiger charge is 2.33. The van der Waals surface area contributed by atoms with Gasteiger partial charge in [0.15, 0.2) is 0 Å². The number of aryl methyl sites for hydroxylation is 2. The first-order valence-electron chi connectivity index (χ1n) is 7.10. The number of aromatic nitrogens is 2. The highest BCUT2D eigenvalue weighted by molar-refractivity contribution is 5.84. The number of carbonyl (C=O) groups excluding carboxylic acids is 2. The van der Waals surface area contributed by atoms with Crippen molar-refractivity contribution in [2.45, 2.75) is 53.1 Å². The van der Waals surface area contributed by atoms with Crippen molar-refractivity contribution in [1.29, 1.82) is 0 Å². The predicted molar refractivity (Wildman–Crippen MR) is 79.6 cm³/mol. The van der Waals surface area contributed by atoms with Crippen LogP contribution in [-0.4, -0.2) is 34.6 Å². The molecule has 1 N–H and O–H groups in total. The van der Waals surface area contributed by atoms with Gasteiger partial charge in [-0.1, -0.05) is 20.8 Å². The van der Waals surface area contributed by atoms with Gasteiger partial charge in [0, 0.05) is 25.4 Å². The van der Waals surface area contributed by atoms with Crippen LogP contribution in [0.3, 0.4) is 0 Å². The number of imidazole rings is 1. The minimum Gasteiger partial charge on any atom is -0.467 e. The second-order valence-corrected chi connectivity index (χ2v) is 6.16. The second-order valence-electron chi connectivity index (χ2n) is 6.16. The average molecular weight is 295 g/mol. The summed E-state index contributed by atoms with van der Waals surface area (Å²) in [6.07, 6.45) is 4.68. The second kappa shape index (κ2) is 7.24. The molecule has 1 amide bonds. The summed E-state index contributed by atoms with van der Waals surface area (Å²) in [6.45, 7) is 8.34. The standard InChI is InChI=1S/C15H25N3O3/c1-11-16-8-10-18(11)9-6-7-12(19)17-13(14(20)21-5)15(2,3)4/h8,10,13H,6-7,9H2,1-5H3,(H,17,19)/t13-/m0/s1. The molecule has 6 heteroatoms. The van der Waals surface area contributed by atoms with Crippen molar-refractivity contribution in [3.63, 3.8) is 0 Å². The lowest BCUT2D eigenvalue weighted by molar-refractivity contribution is -0.148. The van der Waals surface area contributed by atoms with Gasteiger partial charge in [-0.25, -0.2) is 9.78 Å². The Morgan fingerprint density at radius 3 is 2.57 bits per heavy atom. The smallest absolute Gasteiger partial charge is 0.328 e.